The Morgan fingerprint density at radius 3 is 2.30 bits per heavy atom. The highest BCUT2D eigenvalue weighted by Gasteiger charge is 2.19. The fraction of sp³-hybridized carbons (Fsp3) is 0.600. The van der Waals surface area contributed by atoms with Gasteiger partial charge in [-0.25, -0.2) is 8.78 Å². The van der Waals surface area contributed by atoms with Gasteiger partial charge in [-0.15, -0.1) is 12.4 Å². The summed E-state index contributed by atoms with van der Waals surface area (Å²) in [6.45, 7) is 6.88. The number of halogens is 3. The molecular weight excluding hydrogens is 282 g/mol. The van der Waals surface area contributed by atoms with Gasteiger partial charge in [0.1, 0.15) is 11.6 Å². The minimum absolute atomic E-state index is 0. The van der Waals surface area contributed by atoms with E-state index in [4.69, 9.17) is 0 Å². The molecule has 0 amide bonds. The molecule has 0 saturated carbocycles. The molecule has 1 heterocycles. The number of likely N-dealkylation sites (tertiary alicyclic amines) is 1. The molecule has 5 heteroatoms. The highest BCUT2D eigenvalue weighted by atomic mass is 35.5. The molecule has 0 spiro atoms. The molecule has 1 fully saturated rings. The van der Waals surface area contributed by atoms with Crippen LogP contribution in [0, 0.1) is 17.6 Å². The topological polar surface area (TPSA) is 15.3 Å². The van der Waals surface area contributed by atoms with Gasteiger partial charge in [0.2, 0.25) is 0 Å². The molecule has 1 aliphatic heterocycles. The highest BCUT2D eigenvalue weighted by molar-refractivity contribution is 5.85. The van der Waals surface area contributed by atoms with E-state index in [-0.39, 0.29) is 12.4 Å². The minimum atomic E-state index is -0.489. The monoisotopic (exact) mass is 304 g/mol. The first kappa shape index (κ1) is 17.3. The maximum Gasteiger partial charge on any atom is 0.126 e. The third kappa shape index (κ3) is 5.35. The molecule has 20 heavy (non-hydrogen) atoms. The van der Waals surface area contributed by atoms with E-state index in [1.54, 1.807) is 0 Å². The molecule has 2 nitrogen and oxygen atoms in total. The van der Waals surface area contributed by atoms with Crippen molar-refractivity contribution >= 4 is 12.4 Å². The minimum Gasteiger partial charge on any atom is -0.317 e. The maximum atomic E-state index is 13.1. The van der Waals surface area contributed by atoms with Crippen LogP contribution in [0.4, 0.5) is 8.78 Å². The van der Waals surface area contributed by atoms with Gasteiger partial charge in [0.25, 0.3) is 0 Å². The third-order valence-electron chi connectivity index (χ3n) is 3.72. The Labute approximate surface area is 126 Å². The second-order valence-electron chi connectivity index (χ2n) is 5.30. The summed E-state index contributed by atoms with van der Waals surface area (Å²) in [5.41, 5.74) is 0.725. The van der Waals surface area contributed by atoms with Crippen LogP contribution in [-0.2, 0) is 6.54 Å². The molecule has 1 aliphatic rings. The summed E-state index contributed by atoms with van der Waals surface area (Å²) in [4.78, 5) is 2.27. The molecular formula is C15H23ClF2N2. The lowest BCUT2D eigenvalue weighted by atomic mass is 9.96. The Kier molecular flexibility index (Phi) is 7.41. The van der Waals surface area contributed by atoms with Gasteiger partial charge in [-0.3, -0.25) is 4.90 Å². The smallest absolute Gasteiger partial charge is 0.126 e. The fourth-order valence-corrected chi connectivity index (χ4v) is 2.66. The summed E-state index contributed by atoms with van der Waals surface area (Å²) in [5, 5.41) is 3.38. The number of nitrogens with zero attached hydrogens (tertiary/aromatic N) is 1. The van der Waals surface area contributed by atoms with E-state index in [2.05, 4.69) is 17.1 Å². The van der Waals surface area contributed by atoms with Crippen LogP contribution in [0.15, 0.2) is 18.2 Å². The molecule has 1 N–H and O–H groups in total. The molecule has 0 bridgehead atoms. The summed E-state index contributed by atoms with van der Waals surface area (Å²) in [5.74, 6) is -0.241. The molecule has 0 atom stereocenters. The lowest BCUT2D eigenvalue weighted by Crippen LogP contribution is -2.36. The molecule has 114 valence electrons. The average Bonchev–Trinajstić information content (AvgIpc) is 2.37. The summed E-state index contributed by atoms with van der Waals surface area (Å²) < 4.78 is 26.2. The zero-order valence-electron chi connectivity index (χ0n) is 11.9. The number of hydrogen-bond donors (Lipinski definition) is 1. The predicted molar refractivity (Wildman–Crippen MR) is 80.2 cm³/mol. The van der Waals surface area contributed by atoms with Crippen LogP contribution in [0.25, 0.3) is 0 Å². The van der Waals surface area contributed by atoms with Crippen molar-refractivity contribution in [1.29, 1.82) is 0 Å². The van der Waals surface area contributed by atoms with Crippen molar-refractivity contribution in [3.63, 3.8) is 0 Å². The van der Waals surface area contributed by atoms with Crippen molar-refractivity contribution in [1.82, 2.24) is 10.2 Å². The zero-order valence-corrected chi connectivity index (χ0v) is 12.7. The number of nitrogens with one attached hydrogen (secondary N) is 1. The Morgan fingerprint density at radius 2 is 1.75 bits per heavy atom. The predicted octanol–water partition coefficient (Wildman–Crippen LogP) is 3.21. The highest BCUT2D eigenvalue weighted by Crippen LogP contribution is 2.19. The quantitative estimate of drug-likeness (QED) is 0.898. The lowest BCUT2D eigenvalue weighted by Gasteiger charge is -2.32. The number of rotatable bonds is 5. The third-order valence-corrected chi connectivity index (χ3v) is 3.72. The number of piperidine rings is 1. The lowest BCUT2D eigenvalue weighted by molar-refractivity contribution is 0.175. The van der Waals surface area contributed by atoms with E-state index in [1.165, 1.54) is 12.1 Å². The van der Waals surface area contributed by atoms with Gasteiger partial charge in [0.15, 0.2) is 0 Å². The molecule has 0 aromatic heterocycles. The second kappa shape index (κ2) is 8.55. The fourth-order valence-electron chi connectivity index (χ4n) is 2.66. The Hall–Kier alpha value is -0.710. The van der Waals surface area contributed by atoms with Gasteiger partial charge in [0.05, 0.1) is 0 Å². The largest absolute Gasteiger partial charge is 0.317 e. The van der Waals surface area contributed by atoms with Crippen molar-refractivity contribution < 1.29 is 8.78 Å². The molecule has 0 radical (unpaired) electrons. The first-order chi connectivity index (χ1) is 9.17. The van der Waals surface area contributed by atoms with Gasteiger partial charge >= 0.3 is 0 Å². The van der Waals surface area contributed by atoms with Crippen LogP contribution in [-0.4, -0.2) is 31.1 Å². The molecule has 2 rings (SSSR count). The molecule has 1 aromatic rings. The van der Waals surface area contributed by atoms with Crippen LogP contribution in [0.3, 0.4) is 0 Å². The maximum absolute atomic E-state index is 13.1. The van der Waals surface area contributed by atoms with Crippen molar-refractivity contribution in [3.05, 3.63) is 35.4 Å². The van der Waals surface area contributed by atoms with Gasteiger partial charge in [0, 0.05) is 12.6 Å². The molecule has 1 aromatic carbocycles. The summed E-state index contributed by atoms with van der Waals surface area (Å²) in [7, 11) is 0. The van der Waals surface area contributed by atoms with E-state index < -0.39 is 11.6 Å². The van der Waals surface area contributed by atoms with E-state index in [0.717, 1.165) is 56.6 Å². The average molecular weight is 305 g/mol. The standard InChI is InChI=1S/C15H22F2N2.ClH/c1-2-18-10-12-3-5-19(6-4-12)11-13-7-14(16)9-15(17)8-13;/h7-9,12,18H,2-6,10-11H2,1H3;1H. The normalized spacial score (nSPS) is 16.9. The Morgan fingerprint density at radius 1 is 1.15 bits per heavy atom. The van der Waals surface area contributed by atoms with Gasteiger partial charge in [-0.05, 0) is 62.6 Å². The van der Waals surface area contributed by atoms with Crippen molar-refractivity contribution in [2.24, 2.45) is 5.92 Å². The first-order valence-electron chi connectivity index (χ1n) is 7.05. The van der Waals surface area contributed by atoms with Crippen molar-refractivity contribution in [3.8, 4) is 0 Å². The number of hydrogen-bond acceptors (Lipinski definition) is 2. The van der Waals surface area contributed by atoms with Crippen LogP contribution >= 0.6 is 12.4 Å². The first-order valence-corrected chi connectivity index (χ1v) is 7.05. The van der Waals surface area contributed by atoms with Crippen LogP contribution < -0.4 is 5.32 Å². The summed E-state index contributed by atoms with van der Waals surface area (Å²) >= 11 is 0. The van der Waals surface area contributed by atoms with E-state index in [0.29, 0.717) is 6.54 Å². The van der Waals surface area contributed by atoms with Crippen molar-refractivity contribution in [2.45, 2.75) is 26.3 Å². The van der Waals surface area contributed by atoms with Gasteiger partial charge in [-0.1, -0.05) is 6.92 Å². The van der Waals surface area contributed by atoms with Crippen LogP contribution in [0.1, 0.15) is 25.3 Å². The van der Waals surface area contributed by atoms with Crippen molar-refractivity contribution in [2.75, 3.05) is 26.2 Å². The SMILES string of the molecule is CCNCC1CCN(Cc2cc(F)cc(F)c2)CC1.Cl. The van der Waals surface area contributed by atoms with E-state index in [9.17, 15) is 8.78 Å². The molecule has 1 saturated heterocycles. The van der Waals surface area contributed by atoms with E-state index >= 15 is 0 Å². The van der Waals surface area contributed by atoms with Crippen LogP contribution in [0.5, 0.6) is 0 Å². The van der Waals surface area contributed by atoms with Crippen LogP contribution in [0.2, 0.25) is 0 Å². The molecule has 0 unspecified atom stereocenters. The summed E-state index contributed by atoms with van der Waals surface area (Å²) in [6, 6.07) is 3.77. The zero-order chi connectivity index (χ0) is 13.7. The Balaban J connectivity index is 0.00000200. The van der Waals surface area contributed by atoms with E-state index in [1.807, 2.05) is 0 Å². The van der Waals surface area contributed by atoms with Gasteiger partial charge in [-0.2, -0.15) is 0 Å². The number of benzene rings is 1. The Bertz CT molecular complexity index is 387. The molecule has 0 aliphatic carbocycles. The summed E-state index contributed by atoms with van der Waals surface area (Å²) in [6.07, 6.45) is 2.32. The second-order valence-corrected chi connectivity index (χ2v) is 5.30. The van der Waals surface area contributed by atoms with Gasteiger partial charge < -0.3 is 5.32 Å².